The lowest BCUT2D eigenvalue weighted by Crippen LogP contribution is -2.24. The molecule has 15 heavy (non-hydrogen) atoms. The van der Waals surface area contributed by atoms with Crippen LogP contribution >= 0.6 is 12.2 Å². The molecule has 80 valence electrons. The maximum atomic E-state index is 5.60. The Morgan fingerprint density at radius 3 is 2.93 bits per heavy atom. The van der Waals surface area contributed by atoms with E-state index in [1.54, 1.807) is 31.5 Å². The van der Waals surface area contributed by atoms with Crippen LogP contribution in [0.2, 0.25) is 0 Å². The quantitative estimate of drug-likeness (QED) is 0.300. The van der Waals surface area contributed by atoms with Gasteiger partial charge in [-0.25, -0.2) is 0 Å². The van der Waals surface area contributed by atoms with Gasteiger partial charge in [0.25, 0.3) is 0 Å². The molecule has 0 spiro atoms. The van der Waals surface area contributed by atoms with Gasteiger partial charge in [0.1, 0.15) is 5.75 Å². The van der Waals surface area contributed by atoms with Crippen LogP contribution in [0.1, 0.15) is 5.56 Å². The number of nitrogens with zero attached hydrogens (tertiary/aromatic N) is 1. The number of rotatable bonds is 3. The first-order valence-corrected chi connectivity index (χ1v) is 4.56. The van der Waals surface area contributed by atoms with E-state index < -0.39 is 0 Å². The number of nitrogens with one attached hydrogen (secondary N) is 1. The van der Waals surface area contributed by atoms with Crippen molar-refractivity contribution in [3.8, 4) is 5.75 Å². The fourth-order valence-electron chi connectivity index (χ4n) is 1.000. The minimum Gasteiger partial charge on any atom is -0.496 e. The molecular formula is C9H12N4OS. The Balaban J connectivity index is 2.84. The highest BCUT2D eigenvalue weighted by molar-refractivity contribution is 7.80. The number of hydrogen-bond donors (Lipinski definition) is 3. The molecule has 5 N–H and O–H groups in total. The molecule has 0 atom stereocenters. The summed E-state index contributed by atoms with van der Waals surface area (Å²) in [5, 5.41) is 3.93. The highest BCUT2D eigenvalue weighted by atomic mass is 32.1. The van der Waals surface area contributed by atoms with Crippen LogP contribution in [0.3, 0.4) is 0 Å². The third-order valence-electron chi connectivity index (χ3n) is 1.64. The SMILES string of the molecule is COc1cc(N)ccc1/C=N/NC(N)=S. The third kappa shape index (κ3) is 3.43. The zero-order valence-corrected chi connectivity index (χ0v) is 9.04. The van der Waals surface area contributed by atoms with Crippen molar-refractivity contribution < 1.29 is 4.74 Å². The standard InChI is InChI=1S/C9H12N4OS/c1-14-8-4-7(10)3-2-6(8)5-12-13-9(11)15/h2-5H,10H2,1H3,(H3,11,13,15)/b12-5+. The van der Waals surface area contributed by atoms with E-state index >= 15 is 0 Å². The molecule has 1 aromatic rings. The van der Waals surface area contributed by atoms with E-state index in [0.717, 1.165) is 5.56 Å². The average molecular weight is 224 g/mol. The van der Waals surface area contributed by atoms with Crippen LogP contribution in [0.15, 0.2) is 23.3 Å². The molecule has 0 aromatic heterocycles. The number of hydrogen-bond acceptors (Lipinski definition) is 4. The Labute approximate surface area is 93.1 Å². The van der Waals surface area contributed by atoms with Crippen molar-refractivity contribution in [2.45, 2.75) is 0 Å². The molecule has 1 aromatic carbocycles. The lowest BCUT2D eigenvalue weighted by Gasteiger charge is -2.04. The molecule has 1 rings (SSSR count). The maximum absolute atomic E-state index is 5.60. The molecule has 0 saturated heterocycles. The second-order valence-electron chi connectivity index (χ2n) is 2.74. The summed E-state index contributed by atoms with van der Waals surface area (Å²) < 4.78 is 5.12. The summed E-state index contributed by atoms with van der Waals surface area (Å²) >= 11 is 4.59. The van der Waals surface area contributed by atoms with Gasteiger partial charge in [-0.05, 0) is 24.4 Å². The van der Waals surface area contributed by atoms with E-state index in [1.165, 1.54) is 0 Å². The summed E-state index contributed by atoms with van der Waals surface area (Å²) in [7, 11) is 1.56. The minimum absolute atomic E-state index is 0.112. The number of benzene rings is 1. The van der Waals surface area contributed by atoms with E-state index in [-0.39, 0.29) is 5.11 Å². The van der Waals surface area contributed by atoms with Crippen LogP contribution in [0, 0.1) is 0 Å². The molecule has 6 heteroatoms. The summed E-state index contributed by atoms with van der Waals surface area (Å²) in [5.74, 6) is 0.642. The number of anilines is 1. The topological polar surface area (TPSA) is 85.7 Å². The van der Waals surface area contributed by atoms with Crippen LogP contribution in [-0.2, 0) is 0 Å². The van der Waals surface area contributed by atoms with Crippen molar-refractivity contribution in [1.82, 2.24) is 5.43 Å². The van der Waals surface area contributed by atoms with Crippen molar-refractivity contribution in [1.29, 1.82) is 0 Å². The van der Waals surface area contributed by atoms with Crippen LogP contribution < -0.4 is 21.6 Å². The van der Waals surface area contributed by atoms with Crippen molar-refractivity contribution in [3.63, 3.8) is 0 Å². The maximum Gasteiger partial charge on any atom is 0.184 e. The third-order valence-corrected chi connectivity index (χ3v) is 1.73. The van der Waals surface area contributed by atoms with Gasteiger partial charge in [0, 0.05) is 17.3 Å². The molecule has 0 saturated carbocycles. The Morgan fingerprint density at radius 2 is 2.33 bits per heavy atom. The van der Waals surface area contributed by atoms with Crippen LogP contribution in [0.5, 0.6) is 5.75 Å². The van der Waals surface area contributed by atoms with E-state index in [9.17, 15) is 0 Å². The highest BCUT2D eigenvalue weighted by Crippen LogP contribution is 2.19. The van der Waals surface area contributed by atoms with E-state index in [4.69, 9.17) is 16.2 Å². The Morgan fingerprint density at radius 1 is 1.60 bits per heavy atom. The van der Waals surface area contributed by atoms with Crippen molar-refractivity contribution in [2.24, 2.45) is 10.8 Å². The largest absolute Gasteiger partial charge is 0.496 e. The molecule has 0 bridgehead atoms. The summed E-state index contributed by atoms with van der Waals surface area (Å²) in [6.45, 7) is 0. The fraction of sp³-hybridized carbons (Fsp3) is 0.111. The van der Waals surface area contributed by atoms with E-state index in [0.29, 0.717) is 11.4 Å². The first-order chi connectivity index (χ1) is 7.13. The molecule has 0 amide bonds. The molecule has 0 radical (unpaired) electrons. The van der Waals surface area contributed by atoms with Crippen molar-refractivity contribution in [2.75, 3.05) is 12.8 Å². The first-order valence-electron chi connectivity index (χ1n) is 4.15. The average Bonchev–Trinajstić information content (AvgIpc) is 2.19. The van der Waals surface area contributed by atoms with Gasteiger partial charge in [-0.2, -0.15) is 5.10 Å². The zero-order valence-electron chi connectivity index (χ0n) is 8.23. The van der Waals surface area contributed by atoms with Crippen molar-refractivity contribution in [3.05, 3.63) is 23.8 Å². The first kappa shape index (κ1) is 11.3. The van der Waals surface area contributed by atoms with Gasteiger partial charge in [0.15, 0.2) is 5.11 Å². The molecule has 0 unspecified atom stereocenters. The Hall–Kier alpha value is -1.82. The van der Waals surface area contributed by atoms with E-state index in [1.807, 2.05) is 0 Å². The lowest BCUT2D eigenvalue weighted by molar-refractivity contribution is 0.414. The summed E-state index contributed by atoms with van der Waals surface area (Å²) in [5.41, 5.74) is 14.7. The number of methoxy groups -OCH3 is 1. The Bertz CT molecular complexity index is 392. The summed E-state index contributed by atoms with van der Waals surface area (Å²) in [6, 6.07) is 5.26. The predicted molar refractivity (Wildman–Crippen MR) is 64.9 cm³/mol. The number of ether oxygens (including phenoxy) is 1. The summed E-state index contributed by atoms with van der Waals surface area (Å²) in [6.07, 6.45) is 1.55. The van der Waals surface area contributed by atoms with E-state index in [2.05, 4.69) is 22.7 Å². The highest BCUT2D eigenvalue weighted by Gasteiger charge is 1.99. The van der Waals surface area contributed by atoms with Gasteiger partial charge in [0.05, 0.1) is 13.3 Å². The van der Waals surface area contributed by atoms with Gasteiger partial charge in [-0.3, -0.25) is 5.43 Å². The molecule has 0 aliphatic carbocycles. The second-order valence-corrected chi connectivity index (χ2v) is 3.18. The molecule has 0 aliphatic heterocycles. The smallest absolute Gasteiger partial charge is 0.184 e. The van der Waals surface area contributed by atoms with Crippen LogP contribution in [0.25, 0.3) is 0 Å². The molecule has 5 nitrogen and oxygen atoms in total. The van der Waals surface area contributed by atoms with Crippen LogP contribution in [0.4, 0.5) is 5.69 Å². The molecule has 0 heterocycles. The number of thiocarbonyl (C=S) groups is 1. The van der Waals surface area contributed by atoms with Gasteiger partial charge in [0.2, 0.25) is 0 Å². The van der Waals surface area contributed by atoms with Gasteiger partial charge >= 0.3 is 0 Å². The zero-order chi connectivity index (χ0) is 11.3. The molecule has 0 aliphatic rings. The lowest BCUT2D eigenvalue weighted by atomic mass is 10.2. The predicted octanol–water partition coefficient (Wildman–Crippen LogP) is 0.445. The molecular weight excluding hydrogens is 212 g/mol. The normalized spacial score (nSPS) is 10.2. The van der Waals surface area contributed by atoms with Gasteiger partial charge in [-0.15, -0.1) is 0 Å². The van der Waals surface area contributed by atoms with Gasteiger partial charge in [-0.1, -0.05) is 0 Å². The molecule has 0 fully saturated rings. The number of nitrogens with two attached hydrogens (primary N) is 2. The monoisotopic (exact) mass is 224 g/mol. The fourth-order valence-corrected chi connectivity index (χ4v) is 1.05. The Kier molecular flexibility index (Phi) is 3.87. The van der Waals surface area contributed by atoms with Crippen LogP contribution in [-0.4, -0.2) is 18.4 Å². The minimum atomic E-state index is 0.112. The number of nitrogen functional groups attached to an aromatic ring is 1. The van der Waals surface area contributed by atoms with Gasteiger partial charge < -0.3 is 16.2 Å². The van der Waals surface area contributed by atoms with Crippen molar-refractivity contribution >= 4 is 29.2 Å². The summed E-state index contributed by atoms with van der Waals surface area (Å²) in [4.78, 5) is 0. The number of hydrazone groups is 1. The second kappa shape index (κ2) is 5.16.